The predicted molar refractivity (Wildman–Crippen MR) is 71.6 cm³/mol. The van der Waals surface area contributed by atoms with Gasteiger partial charge < -0.3 is 14.7 Å². The van der Waals surface area contributed by atoms with E-state index in [4.69, 9.17) is 4.42 Å². The Morgan fingerprint density at radius 2 is 2.06 bits per heavy atom. The van der Waals surface area contributed by atoms with Crippen LogP contribution in [0.5, 0.6) is 0 Å². The minimum Gasteiger partial charge on any atom is -0.464 e. The molecule has 0 aliphatic carbocycles. The number of anilines is 1. The monoisotopic (exact) mass is 241 g/mol. The van der Waals surface area contributed by atoms with Crippen LogP contribution in [0.3, 0.4) is 0 Å². The van der Waals surface area contributed by atoms with Crippen molar-refractivity contribution in [3.8, 4) is 0 Å². The molecule has 0 saturated carbocycles. The largest absolute Gasteiger partial charge is 0.464 e. The van der Waals surface area contributed by atoms with Crippen molar-refractivity contribution < 1.29 is 4.42 Å². The van der Waals surface area contributed by atoms with Crippen molar-refractivity contribution in [3.05, 3.63) is 47.9 Å². The summed E-state index contributed by atoms with van der Waals surface area (Å²) < 4.78 is 5.59. The zero-order chi connectivity index (χ0) is 12.5. The second-order valence-corrected chi connectivity index (χ2v) is 4.42. The summed E-state index contributed by atoms with van der Waals surface area (Å²) in [5, 5.41) is 3.30. The molecule has 1 aromatic carbocycles. The predicted octanol–water partition coefficient (Wildman–Crippen LogP) is 3.64. The van der Waals surface area contributed by atoms with Crippen LogP contribution in [-0.2, 0) is 0 Å². The number of hydrogen-bond donors (Lipinski definition) is 2. The molecular weight excluding hydrogens is 226 g/mol. The molecule has 2 N–H and O–H groups in total. The highest BCUT2D eigenvalue weighted by atomic mass is 16.3. The summed E-state index contributed by atoms with van der Waals surface area (Å²) in [5.74, 6) is 2.59. The van der Waals surface area contributed by atoms with Gasteiger partial charge in [0.15, 0.2) is 0 Å². The number of imidazole rings is 1. The van der Waals surface area contributed by atoms with Gasteiger partial charge in [-0.2, -0.15) is 0 Å². The highest BCUT2D eigenvalue weighted by Crippen LogP contribution is 2.21. The molecule has 1 atom stereocenters. The van der Waals surface area contributed by atoms with Crippen LogP contribution in [0, 0.1) is 6.92 Å². The molecule has 0 aliphatic heterocycles. The molecule has 2 heterocycles. The maximum Gasteiger partial charge on any atom is 0.201 e. The molecule has 4 heteroatoms. The fourth-order valence-electron chi connectivity index (χ4n) is 1.98. The molecule has 1 unspecified atom stereocenters. The van der Waals surface area contributed by atoms with Crippen LogP contribution in [0.25, 0.3) is 11.0 Å². The number of aromatic amines is 1. The average molecular weight is 241 g/mol. The van der Waals surface area contributed by atoms with Crippen molar-refractivity contribution in [2.75, 3.05) is 5.32 Å². The first-order chi connectivity index (χ1) is 8.72. The molecule has 4 nitrogen and oxygen atoms in total. The fourth-order valence-corrected chi connectivity index (χ4v) is 1.98. The summed E-state index contributed by atoms with van der Waals surface area (Å²) in [6.07, 6.45) is 0. The van der Waals surface area contributed by atoms with Crippen LogP contribution >= 0.6 is 0 Å². The number of rotatable bonds is 3. The normalized spacial score (nSPS) is 12.8. The summed E-state index contributed by atoms with van der Waals surface area (Å²) in [6, 6.07) is 12.0. The Balaban J connectivity index is 1.83. The average Bonchev–Trinajstić information content (AvgIpc) is 2.94. The highest BCUT2D eigenvalue weighted by molar-refractivity contribution is 5.77. The number of furan rings is 1. The van der Waals surface area contributed by atoms with E-state index in [1.807, 2.05) is 50.2 Å². The van der Waals surface area contributed by atoms with Crippen LogP contribution in [0.4, 0.5) is 5.95 Å². The van der Waals surface area contributed by atoms with Crippen molar-refractivity contribution in [2.45, 2.75) is 19.9 Å². The van der Waals surface area contributed by atoms with Crippen molar-refractivity contribution in [2.24, 2.45) is 0 Å². The topological polar surface area (TPSA) is 53.9 Å². The third-order valence-corrected chi connectivity index (χ3v) is 2.93. The van der Waals surface area contributed by atoms with Gasteiger partial charge in [-0.25, -0.2) is 4.98 Å². The molecule has 2 aromatic heterocycles. The van der Waals surface area contributed by atoms with Crippen molar-refractivity contribution >= 4 is 17.0 Å². The number of fused-ring (bicyclic) bond motifs is 1. The van der Waals surface area contributed by atoms with E-state index in [2.05, 4.69) is 15.3 Å². The number of H-pyrrole nitrogens is 1. The summed E-state index contributed by atoms with van der Waals surface area (Å²) in [5.41, 5.74) is 1.99. The lowest BCUT2D eigenvalue weighted by Crippen LogP contribution is -2.06. The molecular formula is C14H15N3O. The van der Waals surface area contributed by atoms with Gasteiger partial charge in [-0.3, -0.25) is 0 Å². The van der Waals surface area contributed by atoms with Gasteiger partial charge in [0.1, 0.15) is 11.5 Å². The minimum atomic E-state index is 0.0827. The zero-order valence-electron chi connectivity index (χ0n) is 10.4. The summed E-state index contributed by atoms with van der Waals surface area (Å²) in [4.78, 5) is 7.72. The highest BCUT2D eigenvalue weighted by Gasteiger charge is 2.11. The van der Waals surface area contributed by atoms with Gasteiger partial charge in [0.25, 0.3) is 0 Å². The Labute approximate surface area is 105 Å². The maximum absolute atomic E-state index is 5.59. The number of nitrogens with zero attached hydrogens (tertiary/aromatic N) is 1. The van der Waals surface area contributed by atoms with Crippen LogP contribution in [0.1, 0.15) is 24.5 Å². The van der Waals surface area contributed by atoms with Crippen LogP contribution in [0.15, 0.2) is 40.8 Å². The summed E-state index contributed by atoms with van der Waals surface area (Å²) in [7, 11) is 0. The Morgan fingerprint density at radius 1 is 1.22 bits per heavy atom. The molecule has 3 aromatic rings. The van der Waals surface area contributed by atoms with Crippen LogP contribution in [-0.4, -0.2) is 9.97 Å². The minimum absolute atomic E-state index is 0.0827. The summed E-state index contributed by atoms with van der Waals surface area (Å²) in [6.45, 7) is 3.99. The lowest BCUT2D eigenvalue weighted by molar-refractivity contribution is 0.466. The molecule has 0 radical (unpaired) electrons. The van der Waals surface area contributed by atoms with Crippen molar-refractivity contribution in [1.82, 2.24) is 9.97 Å². The van der Waals surface area contributed by atoms with E-state index >= 15 is 0 Å². The van der Waals surface area contributed by atoms with E-state index < -0.39 is 0 Å². The quantitative estimate of drug-likeness (QED) is 0.736. The molecule has 0 spiro atoms. The van der Waals surface area contributed by atoms with Crippen molar-refractivity contribution in [3.63, 3.8) is 0 Å². The van der Waals surface area contributed by atoms with Gasteiger partial charge in [0.05, 0.1) is 17.1 Å². The van der Waals surface area contributed by atoms with Gasteiger partial charge >= 0.3 is 0 Å². The molecule has 0 fully saturated rings. The first kappa shape index (κ1) is 10.9. The third-order valence-electron chi connectivity index (χ3n) is 2.93. The smallest absolute Gasteiger partial charge is 0.201 e. The molecule has 18 heavy (non-hydrogen) atoms. The molecule has 92 valence electrons. The van der Waals surface area contributed by atoms with E-state index in [9.17, 15) is 0 Å². The number of aryl methyl sites for hydroxylation is 1. The van der Waals surface area contributed by atoms with Crippen LogP contribution in [0.2, 0.25) is 0 Å². The molecule has 3 rings (SSSR count). The Morgan fingerprint density at radius 3 is 2.78 bits per heavy atom. The first-order valence-corrected chi connectivity index (χ1v) is 6.00. The number of aromatic nitrogens is 2. The first-order valence-electron chi connectivity index (χ1n) is 6.00. The zero-order valence-corrected chi connectivity index (χ0v) is 10.4. The SMILES string of the molecule is Cc1ccc(C(C)Nc2nc3ccccc3[nH]2)o1. The number of benzene rings is 1. The van der Waals surface area contributed by atoms with Gasteiger partial charge in [-0.05, 0) is 38.1 Å². The number of para-hydroxylation sites is 2. The lowest BCUT2D eigenvalue weighted by Gasteiger charge is -2.09. The van der Waals surface area contributed by atoms with E-state index in [0.29, 0.717) is 0 Å². The standard InChI is InChI=1S/C14H15N3O/c1-9-7-8-13(18-9)10(2)15-14-16-11-5-3-4-6-12(11)17-14/h3-8,10H,1-2H3,(H2,15,16,17). The van der Waals surface area contributed by atoms with Gasteiger partial charge in [-0.1, -0.05) is 12.1 Å². The maximum atomic E-state index is 5.59. The third kappa shape index (κ3) is 1.97. The van der Waals surface area contributed by atoms with Gasteiger partial charge in [-0.15, -0.1) is 0 Å². The molecule has 0 saturated heterocycles. The van der Waals surface area contributed by atoms with E-state index in [0.717, 1.165) is 28.5 Å². The molecule has 0 aliphatic rings. The Bertz CT molecular complexity index is 635. The van der Waals surface area contributed by atoms with E-state index in [-0.39, 0.29) is 6.04 Å². The molecule has 0 amide bonds. The fraction of sp³-hybridized carbons (Fsp3) is 0.214. The Hall–Kier alpha value is -2.23. The van der Waals surface area contributed by atoms with E-state index in [1.54, 1.807) is 0 Å². The van der Waals surface area contributed by atoms with Gasteiger partial charge in [0, 0.05) is 0 Å². The number of hydrogen-bond acceptors (Lipinski definition) is 3. The number of nitrogens with one attached hydrogen (secondary N) is 2. The van der Waals surface area contributed by atoms with Crippen molar-refractivity contribution in [1.29, 1.82) is 0 Å². The lowest BCUT2D eigenvalue weighted by atomic mass is 10.2. The second kappa shape index (κ2) is 4.22. The van der Waals surface area contributed by atoms with E-state index in [1.165, 1.54) is 0 Å². The van der Waals surface area contributed by atoms with Crippen LogP contribution < -0.4 is 5.32 Å². The van der Waals surface area contributed by atoms with Gasteiger partial charge in [0.2, 0.25) is 5.95 Å². The second-order valence-electron chi connectivity index (χ2n) is 4.42. The molecule has 0 bridgehead atoms. The Kier molecular flexibility index (Phi) is 2.55. The summed E-state index contributed by atoms with van der Waals surface area (Å²) >= 11 is 0.